The van der Waals surface area contributed by atoms with E-state index < -0.39 is 0 Å². The van der Waals surface area contributed by atoms with E-state index in [4.69, 9.17) is 0 Å². The zero-order chi connectivity index (χ0) is 16.2. The standard InChI is InChI=1S/C17H25N3O2/c1-17(2,3)19-16(22)18-10-14-9-15(21)20(12-14)11-13-7-5-4-6-8-13/h4-8,14H,9-12H2,1-3H3,(H2,18,19,22). The van der Waals surface area contributed by atoms with Gasteiger partial charge in [0.25, 0.3) is 0 Å². The molecule has 0 aliphatic carbocycles. The van der Waals surface area contributed by atoms with Crippen molar-refractivity contribution in [1.82, 2.24) is 15.5 Å². The maximum atomic E-state index is 12.1. The molecule has 1 fully saturated rings. The Balaban J connectivity index is 1.79. The fourth-order valence-corrected chi connectivity index (χ4v) is 2.57. The molecule has 0 radical (unpaired) electrons. The first-order valence-electron chi connectivity index (χ1n) is 7.71. The Bertz CT molecular complexity index is 522. The van der Waals surface area contributed by atoms with Crippen LogP contribution >= 0.6 is 0 Å². The molecule has 1 aliphatic rings. The van der Waals surface area contributed by atoms with Gasteiger partial charge in [-0.2, -0.15) is 0 Å². The van der Waals surface area contributed by atoms with E-state index in [1.54, 1.807) is 0 Å². The molecule has 2 N–H and O–H groups in total. The molecule has 1 atom stereocenters. The Labute approximate surface area is 132 Å². The Hall–Kier alpha value is -2.04. The summed E-state index contributed by atoms with van der Waals surface area (Å²) >= 11 is 0. The van der Waals surface area contributed by atoms with Crippen molar-refractivity contribution in [2.24, 2.45) is 5.92 Å². The van der Waals surface area contributed by atoms with Gasteiger partial charge in [-0.25, -0.2) is 4.79 Å². The monoisotopic (exact) mass is 303 g/mol. The number of hydrogen-bond acceptors (Lipinski definition) is 2. The summed E-state index contributed by atoms with van der Waals surface area (Å²) in [5, 5.41) is 5.71. The third-order valence-corrected chi connectivity index (χ3v) is 3.55. The van der Waals surface area contributed by atoms with Crippen LogP contribution in [0.4, 0.5) is 4.79 Å². The first-order valence-corrected chi connectivity index (χ1v) is 7.71. The van der Waals surface area contributed by atoms with E-state index in [-0.39, 0.29) is 23.4 Å². The predicted octanol–water partition coefficient (Wildman–Crippen LogP) is 2.13. The fourth-order valence-electron chi connectivity index (χ4n) is 2.57. The lowest BCUT2D eigenvalue weighted by molar-refractivity contribution is -0.128. The molecule has 120 valence electrons. The molecule has 22 heavy (non-hydrogen) atoms. The number of nitrogens with one attached hydrogen (secondary N) is 2. The molecule has 1 aromatic carbocycles. The molecule has 1 heterocycles. The molecule has 5 heteroatoms. The number of carbonyl (C=O) groups is 2. The minimum atomic E-state index is -0.255. The van der Waals surface area contributed by atoms with Crippen LogP contribution in [0.3, 0.4) is 0 Å². The third kappa shape index (κ3) is 5.06. The van der Waals surface area contributed by atoms with Crippen LogP contribution in [0.25, 0.3) is 0 Å². The number of nitrogens with zero attached hydrogens (tertiary/aromatic N) is 1. The molecule has 0 bridgehead atoms. The Kier molecular flexibility index (Phi) is 5.06. The fraction of sp³-hybridized carbons (Fsp3) is 0.529. The van der Waals surface area contributed by atoms with Crippen LogP contribution < -0.4 is 10.6 Å². The minimum absolute atomic E-state index is 0.159. The second kappa shape index (κ2) is 6.81. The predicted molar refractivity (Wildman–Crippen MR) is 86.3 cm³/mol. The molecular formula is C17H25N3O2. The SMILES string of the molecule is CC(C)(C)NC(=O)NCC1CC(=O)N(Cc2ccccc2)C1. The van der Waals surface area contributed by atoms with E-state index in [0.29, 0.717) is 26.1 Å². The van der Waals surface area contributed by atoms with Crippen molar-refractivity contribution >= 4 is 11.9 Å². The molecule has 5 nitrogen and oxygen atoms in total. The van der Waals surface area contributed by atoms with E-state index >= 15 is 0 Å². The van der Waals surface area contributed by atoms with E-state index in [1.165, 1.54) is 0 Å². The third-order valence-electron chi connectivity index (χ3n) is 3.55. The summed E-state index contributed by atoms with van der Waals surface area (Å²) in [6.45, 7) is 7.68. The van der Waals surface area contributed by atoms with Crippen LogP contribution in [0.15, 0.2) is 30.3 Å². The van der Waals surface area contributed by atoms with E-state index in [9.17, 15) is 9.59 Å². The molecule has 0 saturated carbocycles. The minimum Gasteiger partial charge on any atom is -0.338 e. The van der Waals surface area contributed by atoms with Crippen LogP contribution in [0, 0.1) is 5.92 Å². The van der Waals surface area contributed by atoms with Gasteiger partial charge in [0.05, 0.1) is 0 Å². The number of carbonyl (C=O) groups excluding carboxylic acids is 2. The van der Waals surface area contributed by atoms with Gasteiger partial charge in [-0.05, 0) is 26.3 Å². The highest BCUT2D eigenvalue weighted by atomic mass is 16.2. The van der Waals surface area contributed by atoms with Gasteiger partial charge in [-0.1, -0.05) is 30.3 Å². The van der Waals surface area contributed by atoms with E-state index in [2.05, 4.69) is 10.6 Å². The number of hydrogen-bond donors (Lipinski definition) is 2. The summed E-state index contributed by atoms with van der Waals surface area (Å²) in [4.78, 5) is 25.7. The highest BCUT2D eigenvalue weighted by molar-refractivity contribution is 5.79. The number of likely N-dealkylation sites (tertiary alicyclic amines) is 1. The molecule has 1 aromatic rings. The Morgan fingerprint density at radius 1 is 1.27 bits per heavy atom. The average molecular weight is 303 g/mol. The molecule has 1 unspecified atom stereocenters. The van der Waals surface area contributed by atoms with Crippen molar-refractivity contribution in [2.75, 3.05) is 13.1 Å². The van der Waals surface area contributed by atoms with Crippen LogP contribution in [0.5, 0.6) is 0 Å². The zero-order valence-electron chi connectivity index (χ0n) is 13.6. The molecule has 0 aromatic heterocycles. The molecular weight excluding hydrogens is 278 g/mol. The van der Waals surface area contributed by atoms with Gasteiger partial charge in [-0.3, -0.25) is 4.79 Å². The highest BCUT2D eigenvalue weighted by Crippen LogP contribution is 2.19. The number of amides is 3. The summed E-state index contributed by atoms with van der Waals surface area (Å²) in [7, 11) is 0. The first kappa shape index (κ1) is 16.3. The van der Waals surface area contributed by atoms with Crippen LogP contribution in [-0.4, -0.2) is 35.5 Å². The lowest BCUT2D eigenvalue weighted by atomic mass is 10.1. The lowest BCUT2D eigenvalue weighted by Gasteiger charge is -2.21. The van der Waals surface area contributed by atoms with E-state index in [1.807, 2.05) is 56.0 Å². The maximum absolute atomic E-state index is 12.1. The second-order valence-corrected chi connectivity index (χ2v) is 6.92. The lowest BCUT2D eigenvalue weighted by Crippen LogP contribution is -2.47. The Morgan fingerprint density at radius 3 is 2.59 bits per heavy atom. The normalized spacial score (nSPS) is 18.4. The number of urea groups is 1. The topological polar surface area (TPSA) is 61.4 Å². The molecule has 1 saturated heterocycles. The Morgan fingerprint density at radius 2 is 1.95 bits per heavy atom. The molecule has 2 rings (SSSR count). The highest BCUT2D eigenvalue weighted by Gasteiger charge is 2.29. The van der Waals surface area contributed by atoms with Gasteiger partial charge in [0.1, 0.15) is 0 Å². The van der Waals surface area contributed by atoms with Crippen molar-refractivity contribution in [3.05, 3.63) is 35.9 Å². The van der Waals surface area contributed by atoms with Gasteiger partial charge in [0.2, 0.25) is 5.91 Å². The summed E-state index contributed by atoms with van der Waals surface area (Å²) < 4.78 is 0. The van der Waals surface area contributed by atoms with Gasteiger partial charge < -0.3 is 15.5 Å². The number of benzene rings is 1. The zero-order valence-corrected chi connectivity index (χ0v) is 13.6. The number of rotatable bonds is 4. The van der Waals surface area contributed by atoms with Crippen LogP contribution in [-0.2, 0) is 11.3 Å². The van der Waals surface area contributed by atoms with Gasteiger partial charge >= 0.3 is 6.03 Å². The maximum Gasteiger partial charge on any atom is 0.315 e. The first-order chi connectivity index (χ1) is 10.3. The molecule has 3 amide bonds. The smallest absolute Gasteiger partial charge is 0.315 e. The van der Waals surface area contributed by atoms with Gasteiger partial charge in [-0.15, -0.1) is 0 Å². The molecule has 1 aliphatic heterocycles. The summed E-state index contributed by atoms with van der Waals surface area (Å²) in [6.07, 6.45) is 0.503. The van der Waals surface area contributed by atoms with Crippen molar-refractivity contribution < 1.29 is 9.59 Å². The van der Waals surface area contributed by atoms with E-state index in [0.717, 1.165) is 5.56 Å². The second-order valence-electron chi connectivity index (χ2n) is 6.92. The van der Waals surface area contributed by atoms with Gasteiger partial charge in [0, 0.05) is 37.5 Å². The molecule has 0 spiro atoms. The van der Waals surface area contributed by atoms with Gasteiger partial charge in [0.15, 0.2) is 0 Å². The van der Waals surface area contributed by atoms with Crippen molar-refractivity contribution in [2.45, 2.75) is 39.3 Å². The summed E-state index contributed by atoms with van der Waals surface area (Å²) in [5.41, 5.74) is 0.879. The van der Waals surface area contributed by atoms with Crippen molar-refractivity contribution in [3.8, 4) is 0 Å². The average Bonchev–Trinajstić information content (AvgIpc) is 2.76. The van der Waals surface area contributed by atoms with Crippen LogP contribution in [0.2, 0.25) is 0 Å². The quantitative estimate of drug-likeness (QED) is 0.895. The van der Waals surface area contributed by atoms with Crippen molar-refractivity contribution in [3.63, 3.8) is 0 Å². The van der Waals surface area contributed by atoms with Crippen molar-refractivity contribution in [1.29, 1.82) is 0 Å². The summed E-state index contributed by atoms with van der Waals surface area (Å²) in [5.74, 6) is 0.341. The summed E-state index contributed by atoms with van der Waals surface area (Å²) in [6, 6.07) is 9.79. The van der Waals surface area contributed by atoms with Crippen LogP contribution in [0.1, 0.15) is 32.8 Å². The largest absolute Gasteiger partial charge is 0.338 e.